The number of carboxylic acids is 1. The fraction of sp³-hybridized carbons (Fsp3) is 0.250. The lowest BCUT2D eigenvalue weighted by molar-refractivity contribution is -0.255. The second kappa shape index (κ2) is 9.36. The highest BCUT2D eigenvalue weighted by molar-refractivity contribution is 6.10. The minimum Gasteiger partial charge on any atom is -0.545 e. The van der Waals surface area contributed by atoms with E-state index in [1.807, 2.05) is 0 Å². The maximum Gasteiger partial charge on any atom is 0.338 e. The van der Waals surface area contributed by atoms with E-state index in [1.54, 1.807) is 30.3 Å². The van der Waals surface area contributed by atoms with Gasteiger partial charge in [0, 0.05) is 16.8 Å². The largest absolute Gasteiger partial charge is 0.545 e. The number of rotatable bonds is 8. The molecule has 0 aliphatic rings. The van der Waals surface area contributed by atoms with E-state index in [0.29, 0.717) is 17.9 Å². The van der Waals surface area contributed by atoms with Crippen molar-refractivity contribution < 1.29 is 24.2 Å². The number of hydrogen-bond donors (Lipinski definition) is 1. The van der Waals surface area contributed by atoms with Crippen molar-refractivity contribution in [3.05, 3.63) is 65.2 Å². The Morgan fingerprint density at radius 3 is 2.23 bits per heavy atom. The van der Waals surface area contributed by atoms with Crippen LogP contribution in [0.25, 0.3) is 0 Å². The van der Waals surface area contributed by atoms with Gasteiger partial charge in [0.1, 0.15) is 0 Å². The second-order valence-electron chi connectivity index (χ2n) is 5.71. The number of anilines is 1. The monoisotopic (exact) mass is 354 g/mol. The molecule has 0 atom stereocenters. The fourth-order valence-corrected chi connectivity index (χ4v) is 2.35. The molecule has 2 rings (SSSR count). The zero-order chi connectivity index (χ0) is 18.9. The second-order valence-corrected chi connectivity index (χ2v) is 5.71. The standard InChI is InChI=1S/C20H21NO5/c1-2-3-6-13-26-20(25)14-9-11-15(12-10-14)21-18(22)16-7-4-5-8-17(16)19(23)24/h4-5,7-12H,2-3,6,13H2,1H3,(H,21,22)(H,23,24)/p-1. The van der Waals surface area contributed by atoms with Gasteiger partial charge in [-0.05, 0) is 36.8 Å². The summed E-state index contributed by atoms with van der Waals surface area (Å²) in [6.45, 7) is 2.45. The van der Waals surface area contributed by atoms with Gasteiger partial charge in [-0.15, -0.1) is 0 Å². The maximum absolute atomic E-state index is 12.3. The SMILES string of the molecule is CCCCCOC(=O)c1ccc(NC(=O)c2ccccc2C(=O)[O-])cc1. The fourth-order valence-electron chi connectivity index (χ4n) is 2.35. The molecule has 0 saturated carbocycles. The van der Waals surface area contributed by atoms with Crippen molar-refractivity contribution in [2.24, 2.45) is 0 Å². The molecule has 0 aliphatic heterocycles. The first kappa shape index (κ1) is 19.2. The predicted octanol–water partition coefficient (Wildman–Crippen LogP) is 2.65. The molecule has 0 unspecified atom stereocenters. The summed E-state index contributed by atoms with van der Waals surface area (Å²) < 4.78 is 5.16. The topological polar surface area (TPSA) is 95.5 Å². The highest BCUT2D eigenvalue weighted by Gasteiger charge is 2.12. The lowest BCUT2D eigenvalue weighted by Gasteiger charge is -2.11. The number of carbonyl (C=O) groups is 3. The zero-order valence-electron chi connectivity index (χ0n) is 14.5. The van der Waals surface area contributed by atoms with Crippen molar-refractivity contribution in [3.8, 4) is 0 Å². The van der Waals surface area contributed by atoms with Crippen molar-refractivity contribution in [1.29, 1.82) is 0 Å². The number of carboxylic acid groups (broad SMARTS) is 1. The van der Waals surface area contributed by atoms with E-state index in [0.717, 1.165) is 19.3 Å². The van der Waals surface area contributed by atoms with E-state index in [9.17, 15) is 19.5 Å². The van der Waals surface area contributed by atoms with Crippen LogP contribution in [0, 0.1) is 0 Å². The molecule has 0 heterocycles. The number of hydrogen-bond acceptors (Lipinski definition) is 5. The molecule has 26 heavy (non-hydrogen) atoms. The lowest BCUT2D eigenvalue weighted by atomic mass is 10.1. The van der Waals surface area contributed by atoms with Crippen LogP contribution in [-0.4, -0.2) is 24.5 Å². The number of unbranched alkanes of at least 4 members (excludes halogenated alkanes) is 2. The van der Waals surface area contributed by atoms with Gasteiger partial charge in [-0.3, -0.25) is 4.79 Å². The number of esters is 1. The Bertz CT molecular complexity index is 783. The van der Waals surface area contributed by atoms with Crippen LogP contribution in [0.4, 0.5) is 5.69 Å². The molecule has 1 amide bonds. The summed E-state index contributed by atoms with van der Waals surface area (Å²) in [6, 6.07) is 12.0. The van der Waals surface area contributed by atoms with Crippen LogP contribution in [0.15, 0.2) is 48.5 Å². The van der Waals surface area contributed by atoms with Crippen molar-refractivity contribution in [3.63, 3.8) is 0 Å². The normalized spacial score (nSPS) is 10.2. The number of amides is 1. The van der Waals surface area contributed by atoms with E-state index in [2.05, 4.69) is 12.2 Å². The van der Waals surface area contributed by atoms with Crippen LogP contribution in [0.1, 0.15) is 57.3 Å². The average Bonchev–Trinajstić information content (AvgIpc) is 2.65. The molecule has 2 aromatic carbocycles. The molecule has 0 aromatic heterocycles. The minimum atomic E-state index is -1.42. The molecule has 6 nitrogen and oxygen atoms in total. The van der Waals surface area contributed by atoms with E-state index < -0.39 is 17.8 Å². The van der Waals surface area contributed by atoms with Crippen molar-refractivity contribution in [1.82, 2.24) is 0 Å². The highest BCUT2D eigenvalue weighted by atomic mass is 16.5. The maximum atomic E-state index is 12.3. The first-order chi connectivity index (χ1) is 12.5. The molecular weight excluding hydrogens is 334 g/mol. The van der Waals surface area contributed by atoms with Gasteiger partial charge in [-0.25, -0.2) is 4.79 Å². The smallest absolute Gasteiger partial charge is 0.338 e. The summed E-state index contributed by atoms with van der Waals surface area (Å²) in [5.41, 5.74) is 0.643. The van der Waals surface area contributed by atoms with Crippen molar-refractivity contribution in [2.45, 2.75) is 26.2 Å². The molecular formula is C20H20NO5-. The molecule has 0 bridgehead atoms. The lowest BCUT2D eigenvalue weighted by Crippen LogP contribution is -2.26. The van der Waals surface area contributed by atoms with Crippen LogP contribution in [-0.2, 0) is 4.74 Å². The molecule has 6 heteroatoms. The van der Waals surface area contributed by atoms with Gasteiger partial charge in [0.2, 0.25) is 0 Å². The number of ether oxygens (including phenoxy) is 1. The Kier molecular flexibility index (Phi) is 6.91. The van der Waals surface area contributed by atoms with Crippen LogP contribution in [0.2, 0.25) is 0 Å². The summed E-state index contributed by atoms with van der Waals surface area (Å²) in [7, 11) is 0. The Balaban J connectivity index is 2.00. The Hall–Kier alpha value is -3.15. The number of benzene rings is 2. The quantitative estimate of drug-likeness (QED) is 0.581. The summed E-state index contributed by atoms with van der Waals surface area (Å²) in [5.74, 6) is -2.40. The third kappa shape index (κ3) is 5.17. The predicted molar refractivity (Wildman–Crippen MR) is 95.0 cm³/mol. The first-order valence-electron chi connectivity index (χ1n) is 8.42. The van der Waals surface area contributed by atoms with Gasteiger partial charge in [-0.2, -0.15) is 0 Å². The van der Waals surface area contributed by atoms with Gasteiger partial charge in [-0.1, -0.05) is 38.0 Å². The first-order valence-corrected chi connectivity index (χ1v) is 8.42. The molecule has 2 aromatic rings. The van der Waals surface area contributed by atoms with Crippen LogP contribution in [0.5, 0.6) is 0 Å². The van der Waals surface area contributed by atoms with Gasteiger partial charge < -0.3 is 20.0 Å². The van der Waals surface area contributed by atoms with E-state index >= 15 is 0 Å². The van der Waals surface area contributed by atoms with Gasteiger partial charge >= 0.3 is 5.97 Å². The van der Waals surface area contributed by atoms with Crippen LogP contribution < -0.4 is 10.4 Å². The van der Waals surface area contributed by atoms with Crippen LogP contribution >= 0.6 is 0 Å². The summed E-state index contributed by atoms with van der Waals surface area (Å²) >= 11 is 0. The van der Waals surface area contributed by atoms with Crippen molar-refractivity contribution >= 4 is 23.5 Å². The van der Waals surface area contributed by atoms with E-state index in [4.69, 9.17) is 4.74 Å². The number of carbonyl (C=O) groups excluding carboxylic acids is 3. The third-order valence-electron chi connectivity index (χ3n) is 3.75. The van der Waals surface area contributed by atoms with Crippen molar-refractivity contribution in [2.75, 3.05) is 11.9 Å². The Morgan fingerprint density at radius 1 is 0.962 bits per heavy atom. The summed E-state index contributed by atoms with van der Waals surface area (Å²) in [4.78, 5) is 35.3. The average molecular weight is 354 g/mol. The highest BCUT2D eigenvalue weighted by Crippen LogP contribution is 2.14. The Morgan fingerprint density at radius 2 is 1.62 bits per heavy atom. The molecule has 0 fully saturated rings. The molecule has 0 aliphatic carbocycles. The van der Waals surface area contributed by atoms with Gasteiger partial charge in [0.25, 0.3) is 5.91 Å². The number of aromatic carboxylic acids is 1. The summed E-state index contributed by atoms with van der Waals surface area (Å²) in [6.07, 6.45) is 2.88. The zero-order valence-corrected chi connectivity index (χ0v) is 14.5. The van der Waals surface area contributed by atoms with Gasteiger partial charge in [0.15, 0.2) is 0 Å². The summed E-state index contributed by atoms with van der Waals surface area (Å²) in [5, 5.41) is 13.7. The Labute approximate surface area is 151 Å². The minimum absolute atomic E-state index is 0.00640. The molecule has 136 valence electrons. The molecule has 1 N–H and O–H groups in total. The van der Waals surface area contributed by atoms with Gasteiger partial charge in [0.05, 0.1) is 18.1 Å². The molecule has 0 saturated heterocycles. The number of nitrogens with one attached hydrogen (secondary N) is 1. The molecule has 0 radical (unpaired) electrons. The van der Waals surface area contributed by atoms with E-state index in [1.165, 1.54) is 18.2 Å². The molecule has 0 spiro atoms. The third-order valence-corrected chi connectivity index (χ3v) is 3.75. The van der Waals surface area contributed by atoms with E-state index in [-0.39, 0.29) is 11.1 Å². The van der Waals surface area contributed by atoms with Crippen LogP contribution in [0.3, 0.4) is 0 Å².